The molecule has 2 heterocycles. The number of furan rings is 1. The quantitative estimate of drug-likeness (QED) is 0.381. The Bertz CT molecular complexity index is 1160. The summed E-state index contributed by atoms with van der Waals surface area (Å²) in [4.78, 5) is 28.2. The maximum atomic E-state index is 13.1. The summed E-state index contributed by atoms with van der Waals surface area (Å²) in [6.07, 6.45) is 1.59. The molecule has 0 spiro atoms. The predicted octanol–water partition coefficient (Wildman–Crippen LogP) is 5.03. The molecule has 2 aromatic heterocycles. The van der Waals surface area contributed by atoms with E-state index in [9.17, 15) is 9.59 Å². The van der Waals surface area contributed by atoms with E-state index in [1.54, 1.807) is 36.6 Å². The van der Waals surface area contributed by atoms with Crippen molar-refractivity contribution in [2.24, 2.45) is 0 Å². The van der Waals surface area contributed by atoms with Crippen molar-refractivity contribution in [2.75, 3.05) is 7.11 Å². The molecular formula is C22H16ClNO4. The van der Waals surface area contributed by atoms with Crippen LogP contribution in [0.15, 0.2) is 65.3 Å². The summed E-state index contributed by atoms with van der Waals surface area (Å²) < 4.78 is 10.2. The molecule has 2 aromatic carbocycles. The van der Waals surface area contributed by atoms with Crippen LogP contribution in [0, 0.1) is 0 Å². The molecule has 0 aliphatic carbocycles. The minimum atomic E-state index is -0.418. The van der Waals surface area contributed by atoms with Crippen LogP contribution in [0.3, 0.4) is 0 Å². The van der Waals surface area contributed by atoms with E-state index in [1.165, 1.54) is 7.11 Å². The summed E-state index contributed by atoms with van der Waals surface area (Å²) in [5.74, 6) is 0.0981. The van der Waals surface area contributed by atoms with Crippen LogP contribution in [-0.2, 0) is 16.0 Å². The van der Waals surface area contributed by atoms with E-state index in [4.69, 9.17) is 20.8 Å². The van der Waals surface area contributed by atoms with Gasteiger partial charge in [0.05, 0.1) is 25.5 Å². The number of carbonyl (C=O) groups is 2. The molecular weight excluding hydrogens is 378 g/mol. The number of aromatic nitrogens is 1. The minimum Gasteiger partial charge on any atom is -0.469 e. The average Bonchev–Trinajstić information content (AvgIpc) is 3.36. The summed E-state index contributed by atoms with van der Waals surface area (Å²) >= 11 is 6.07. The van der Waals surface area contributed by atoms with Gasteiger partial charge in [0.15, 0.2) is 0 Å². The van der Waals surface area contributed by atoms with Gasteiger partial charge in [-0.05, 0) is 24.3 Å². The summed E-state index contributed by atoms with van der Waals surface area (Å²) in [7, 11) is 1.32. The number of H-pyrrole nitrogens is 1. The number of rotatable bonds is 5. The SMILES string of the molecule is COC(=O)Cc1c(C(=O)c2ccc(-c3ccco3)cc2)[nH]c2cc(Cl)ccc12. The second-order valence-electron chi connectivity index (χ2n) is 6.31. The maximum Gasteiger partial charge on any atom is 0.310 e. The maximum absolute atomic E-state index is 13.1. The normalized spacial score (nSPS) is 10.9. The van der Waals surface area contributed by atoms with E-state index in [0.717, 1.165) is 16.7 Å². The highest BCUT2D eigenvalue weighted by atomic mass is 35.5. The Morgan fingerprint density at radius 2 is 1.89 bits per heavy atom. The molecule has 0 aliphatic heterocycles. The third kappa shape index (κ3) is 3.32. The van der Waals surface area contributed by atoms with Crippen LogP contribution in [-0.4, -0.2) is 23.8 Å². The Kier molecular flexibility index (Phi) is 4.75. The molecule has 6 heteroatoms. The number of fused-ring (bicyclic) bond motifs is 1. The van der Waals surface area contributed by atoms with E-state index in [2.05, 4.69) is 4.98 Å². The first kappa shape index (κ1) is 18.1. The molecule has 0 saturated heterocycles. The van der Waals surface area contributed by atoms with Crippen molar-refractivity contribution < 1.29 is 18.7 Å². The Balaban J connectivity index is 1.75. The fourth-order valence-electron chi connectivity index (χ4n) is 3.19. The van der Waals surface area contributed by atoms with Gasteiger partial charge in [0, 0.05) is 32.6 Å². The number of nitrogens with one attached hydrogen (secondary N) is 1. The lowest BCUT2D eigenvalue weighted by Gasteiger charge is -2.05. The van der Waals surface area contributed by atoms with Crippen molar-refractivity contribution in [3.05, 3.63) is 82.7 Å². The topological polar surface area (TPSA) is 72.3 Å². The van der Waals surface area contributed by atoms with Gasteiger partial charge >= 0.3 is 5.97 Å². The number of aromatic amines is 1. The zero-order valence-corrected chi connectivity index (χ0v) is 15.7. The average molecular weight is 394 g/mol. The second kappa shape index (κ2) is 7.37. The van der Waals surface area contributed by atoms with Crippen molar-refractivity contribution in [3.8, 4) is 11.3 Å². The van der Waals surface area contributed by atoms with E-state index >= 15 is 0 Å². The summed E-state index contributed by atoms with van der Waals surface area (Å²) in [6, 6.07) is 16.0. The highest BCUT2D eigenvalue weighted by Crippen LogP contribution is 2.28. The fourth-order valence-corrected chi connectivity index (χ4v) is 3.37. The van der Waals surface area contributed by atoms with Crippen LogP contribution in [0.25, 0.3) is 22.2 Å². The zero-order valence-electron chi connectivity index (χ0n) is 15.0. The van der Waals surface area contributed by atoms with Gasteiger partial charge < -0.3 is 14.1 Å². The molecule has 4 rings (SSSR count). The number of carbonyl (C=O) groups excluding carboxylic acids is 2. The molecule has 0 saturated carbocycles. The van der Waals surface area contributed by atoms with Gasteiger partial charge in [0.25, 0.3) is 0 Å². The van der Waals surface area contributed by atoms with Crippen LogP contribution in [0.5, 0.6) is 0 Å². The Morgan fingerprint density at radius 3 is 2.57 bits per heavy atom. The number of ether oxygens (including phenoxy) is 1. The molecule has 28 heavy (non-hydrogen) atoms. The van der Waals surface area contributed by atoms with Crippen molar-refractivity contribution in [2.45, 2.75) is 6.42 Å². The molecule has 5 nitrogen and oxygen atoms in total. The number of methoxy groups -OCH3 is 1. The molecule has 4 aromatic rings. The monoisotopic (exact) mass is 393 g/mol. The first-order chi connectivity index (χ1) is 13.6. The Labute approximate surface area is 165 Å². The Morgan fingerprint density at radius 1 is 1.11 bits per heavy atom. The van der Waals surface area contributed by atoms with Gasteiger partial charge in [-0.3, -0.25) is 9.59 Å². The van der Waals surface area contributed by atoms with Crippen molar-refractivity contribution in [1.82, 2.24) is 4.98 Å². The summed E-state index contributed by atoms with van der Waals surface area (Å²) in [6.45, 7) is 0. The molecule has 0 amide bonds. The first-order valence-corrected chi connectivity index (χ1v) is 9.00. The van der Waals surface area contributed by atoms with E-state index in [-0.39, 0.29) is 12.2 Å². The molecule has 0 aliphatic rings. The van der Waals surface area contributed by atoms with Crippen molar-refractivity contribution in [1.29, 1.82) is 0 Å². The fraction of sp³-hybridized carbons (Fsp3) is 0.0909. The van der Waals surface area contributed by atoms with E-state index in [1.807, 2.05) is 24.3 Å². The predicted molar refractivity (Wildman–Crippen MR) is 107 cm³/mol. The molecule has 0 unspecified atom stereocenters. The third-order valence-electron chi connectivity index (χ3n) is 4.60. The third-order valence-corrected chi connectivity index (χ3v) is 4.83. The lowest BCUT2D eigenvalue weighted by atomic mass is 10.00. The molecule has 1 N–H and O–H groups in total. The summed E-state index contributed by atoms with van der Waals surface area (Å²) in [5.41, 5.74) is 3.02. The number of halogens is 1. The van der Waals surface area contributed by atoms with E-state index < -0.39 is 5.97 Å². The Hall–Kier alpha value is -3.31. The van der Waals surface area contributed by atoms with Crippen molar-refractivity contribution in [3.63, 3.8) is 0 Å². The number of hydrogen-bond donors (Lipinski definition) is 1. The van der Waals surface area contributed by atoms with Gasteiger partial charge in [-0.2, -0.15) is 0 Å². The molecule has 140 valence electrons. The first-order valence-electron chi connectivity index (χ1n) is 8.62. The number of benzene rings is 2. The number of hydrogen-bond acceptors (Lipinski definition) is 4. The second-order valence-corrected chi connectivity index (χ2v) is 6.74. The van der Waals surface area contributed by atoms with Crippen LogP contribution in [0.4, 0.5) is 0 Å². The molecule has 0 bridgehead atoms. The largest absolute Gasteiger partial charge is 0.469 e. The van der Waals surface area contributed by atoms with Gasteiger partial charge in [-0.15, -0.1) is 0 Å². The molecule has 0 atom stereocenters. The smallest absolute Gasteiger partial charge is 0.310 e. The highest BCUT2D eigenvalue weighted by molar-refractivity contribution is 6.31. The van der Waals surface area contributed by atoms with E-state index in [0.29, 0.717) is 27.4 Å². The summed E-state index contributed by atoms with van der Waals surface area (Å²) in [5, 5.41) is 1.31. The van der Waals surface area contributed by atoms with Crippen LogP contribution in [0.1, 0.15) is 21.6 Å². The van der Waals surface area contributed by atoms with Gasteiger partial charge in [0.2, 0.25) is 5.78 Å². The van der Waals surface area contributed by atoms with Crippen molar-refractivity contribution >= 4 is 34.3 Å². The zero-order chi connectivity index (χ0) is 19.7. The lowest BCUT2D eigenvalue weighted by Crippen LogP contribution is -2.10. The molecule has 0 fully saturated rings. The van der Waals surface area contributed by atoms with Crippen LogP contribution < -0.4 is 0 Å². The molecule has 0 radical (unpaired) electrons. The van der Waals surface area contributed by atoms with Crippen LogP contribution >= 0.6 is 11.6 Å². The lowest BCUT2D eigenvalue weighted by molar-refractivity contribution is -0.139. The highest BCUT2D eigenvalue weighted by Gasteiger charge is 2.21. The van der Waals surface area contributed by atoms with Gasteiger partial charge in [-0.25, -0.2) is 0 Å². The van der Waals surface area contributed by atoms with Crippen LogP contribution in [0.2, 0.25) is 5.02 Å². The number of esters is 1. The minimum absolute atomic E-state index is 0.0102. The standard InChI is InChI=1S/C22H16ClNO4/c1-27-20(25)12-17-16-9-8-15(23)11-18(16)24-21(17)22(26)14-6-4-13(5-7-14)19-3-2-10-28-19/h2-11,24H,12H2,1H3. The van der Waals surface area contributed by atoms with Gasteiger partial charge in [-0.1, -0.05) is 41.9 Å². The number of ketones is 1. The van der Waals surface area contributed by atoms with Gasteiger partial charge in [0.1, 0.15) is 5.76 Å².